The first-order valence-corrected chi connectivity index (χ1v) is 6.19. The molecule has 0 radical (unpaired) electrons. The number of nitrogens with zero attached hydrogens (tertiary/aromatic N) is 2. The van der Waals surface area contributed by atoms with E-state index < -0.39 is 0 Å². The van der Waals surface area contributed by atoms with Gasteiger partial charge in [0.1, 0.15) is 11.6 Å². The summed E-state index contributed by atoms with van der Waals surface area (Å²) >= 11 is 0. The Morgan fingerprint density at radius 3 is 2.75 bits per heavy atom. The van der Waals surface area contributed by atoms with E-state index in [0.717, 1.165) is 35.7 Å². The summed E-state index contributed by atoms with van der Waals surface area (Å²) in [4.78, 5) is 8.67. The maximum atomic E-state index is 4.39. The van der Waals surface area contributed by atoms with E-state index in [1.165, 1.54) is 19.3 Å². The molecule has 0 aromatic carbocycles. The first kappa shape index (κ1) is 11.4. The van der Waals surface area contributed by atoms with Gasteiger partial charge in [-0.25, -0.2) is 9.97 Å². The van der Waals surface area contributed by atoms with Crippen LogP contribution in [0.15, 0.2) is 6.07 Å². The van der Waals surface area contributed by atoms with Gasteiger partial charge >= 0.3 is 0 Å². The molecule has 1 heterocycles. The zero-order chi connectivity index (χ0) is 11.5. The van der Waals surface area contributed by atoms with Crippen molar-refractivity contribution < 1.29 is 0 Å². The van der Waals surface area contributed by atoms with Crippen molar-refractivity contribution in [1.29, 1.82) is 0 Å². The second-order valence-corrected chi connectivity index (χ2v) is 5.11. The Morgan fingerprint density at radius 2 is 2.12 bits per heavy atom. The van der Waals surface area contributed by atoms with Crippen LogP contribution in [0.25, 0.3) is 0 Å². The van der Waals surface area contributed by atoms with Gasteiger partial charge in [-0.1, -0.05) is 13.3 Å². The van der Waals surface area contributed by atoms with Crippen molar-refractivity contribution in [1.82, 2.24) is 9.97 Å². The standard InChI is InChI=1S/C13H21N3/c1-9-4-5-12(6-9)8-14-13-7-10(2)15-11(3)16-13/h7,9,12H,4-6,8H2,1-3H3,(H,14,15,16). The summed E-state index contributed by atoms with van der Waals surface area (Å²) in [7, 11) is 0. The molecule has 0 aliphatic heterocycles. The van der Waals surface area contributed by atoms with Gasteiger partial charge in [-0.3, -0.25) is 0 Å². The van der Waals surface area contributed by atoms with Gasteiger partial charge in [0.15, 0.2) is 0 Å². The average molecular weight is 219 g/mol. The quantitative estimate of drug-likeness (QED) is 0.849. The van der Waals surface area contributed by atoms with Gasteiger partial charge in [-0.15, -0.1) is 0 Å². The Bertz CT molecular complexity index is 342. The van der Waals surface area contributed by atoms with E-state index in [-0.39, 0.29) is 0 Å². The van der Waals surface area contributed by atoms with Crippen molar-refractivity contribution in [2.45, 2.75) is 40.0 Å². The predicted octanol–water partition coefficient (Wildman–Crippen LogP) is 2.94. The molecule has 1 fully saturated rings. The summed E-state index contributed by atoms with van der Waals surface area (Å²) in [5.41, 5.74) is 1.04. The lowest BCUT2D eigenvalue weighted by Crippen LogP contribution is -2.13. The smallest absolute Gasteiger partial charge is 0.129 e. The Kier molecular flexibility index (Phi) is 3.42. The Hall–Kier alpha value is -1.12. The summed E-state index contributed by atoms with van der Waals surface area (Å²) in [6, 6.07) is 2.02. The van der Waals surface area contributed by atoms with Gasteiger partial charge in [0.25, 0.3) is 0 Å². The molecule has 0 amide bonds. The van der Waals surface area contributed by atoms with Gasteiger partial charge < -0.3 is 5.32 Å². The number of hydrogen-bond acceptors (Lipinski definition) is 3. The number of aryl methyl sites for hydroxylation is 2. The lowest BCUT2D eigenvalue weighted by Gasteiger charge is -2.12. The van der Waals surface area contributed by atoms with Crippen molar-refractivity contribution >= 4 is 5.82 Å². The molecular weight excluding hydrogens is 198 g/mol. The van der Waals surface area contributed by atoms with Crippen molar-refractivity contribution in [3.05, 3.63) is 17.6 Å². The topological polar surface area (TPSA) is 37.8 Å². The van der Waals surface area contributed by atoms with Crippen LogP contribution < -0.4 is 5.32 Å². The minimum Gasteiger partial charge on any atom is -0.370 e. The van der Waals surface area contributed by atoms with Crippen LogP contribution in [-0.4, -0.2) is 16.5 Å². The summed E-state index contributed by atoms with van der Waals surface area (Å²) in [6.45, 7) is 7.35. The minimum absolute atomic E-state index is 0.825. The third-order valence-electron chi connectivity index (χ3n) is 3.34. The molecule has 0 spiro atoms. The van der Waals surface area contributed by atoms with Crippen molar-refractivity contribution in [2.75, 3.05) is 11.9 Å². The fourth-order valence-corrected chi connectivity index (χ4v) is 2.57. The fraction of sp³-hybridized carbons (Fsp3) is 0.692. The van der Waals surface area contributed by atoms with E-state index in [1.54, 1.807) is 0 Å². The molecule has 3 heteroatoms. The normalized spacial score (nSPS) is 24.7. The van der Waals surface area contributed by atoms with Gasteiger partial charge in [0.05, 0.1) is 0 Å². The molecule has 1 aliphatic carbocycles. The minimum atomic E-state index is 0.825. The predicted molar refractivity (Wildman–Crippen MR) is 66.5 cm³/mol. The number of hydrogen-bond donors (Lipinski definition) is 1. The Balaban J connectivity index is 1.89. The second kappa shape index (κ2) is 4.81. The molecule has 1 N–H and O–H groups in total. The maximum absolute atomic E-state index is 4.39. The van der Waals surface area contributed by atoms with Crippen LogP contribution in [-0.2, 0) is 0 Å². The molecule has 16 heavy (non-hydrogen) atoms. The molecule has 1 aromatic rings. The lowest BCUT2D eigenvalue weighted by atomic mass is 10.1. The zero-order valence-corrected chi connectivity index (χ0v) is 10.5. The van der Waals surface area contributed by atoms with Gasteiger partial charge in [0.2, 0.25) is 0 Å². The molecule has 88 valence electrons. The van der Waals surface area contributed by atoms with E-state index in [1.807, 2.05) is 19.9 Å². The van der Waals surface area contributed by atoms with Crippen LogP contribution in [0.2, 0.25) is 0 Å². The maximum Gasteiger partial charge on any atom is 0.129 e. The van der Waals surface area contributed by atoms with Crippen LogP contribution in [0, 0.1) is 25.7 Å². The molecule has 2 rings (SSSR count). The van der Waals surface area contributed by atoms with Gasteiger partial charge in [0, 0.05) is 18.3 Å². The second-order valence-electron chi connectivity index (χ2n) is 5.11. The first-order chi connectivity index (χ1) is 7.63. The first-order valence-electron chi connectivity index (χ1n) is 6.19. The molecule has 2 unspecified atom stereocenters. The fourth-order valence-electron chi connectivity index (χ4n) is 2.57. The summed E-state index contributed by atoms with van der Waals surface area (Å²) < 4.78 is 0. The van der Waals surface area contributed by atoms with Crippen LogP contribution in [0.5, 0.6) is 0 Å². The monoisotopic (exact) mass is 219 g/mol. The van der Waals surface area contributed by atoms with E-state index >= 15 is 0 Å². The van der Waals surface area contributed by atoms with E-state index in [2.05, 4.69) is 22.2 Å². The molecule has 0 saturated heterocycles. The van der Waals surface area contributed by atoms with Crippen molar-refractivity contribution in [2.24, 2.45) is 11.8 Å². The van der Waals surface area contributed by atoms with E-state index in [9.17, 15) is 0 Å². The van der Waals surface area contributed by atoms with E-state index in [4.69, 9.17) is 0 Å². The average Bonchev–Trinajstić information content (AvgIpc) is 2.60. The van der Waals surface area contributed by atoms with Crippen LogP contribution >= 0.6 is 0 Å². The number of rotatable bonds is 3. The zero-order valence-electron chi connectivity index (χ0n) is 10.5. The summed E-state index contributed by atoms with van der Waals surface area (Å²) in [6.07, 6.45) is 4.10. The van der Waals surface area contributed by atoms with Crippen LogP contribution in [0.4, 0.5) is 5.82 Å². The number of nitrogens with one attached hydrogen (secondary N) is 1. The third kappa shape index (κ3) is 2.94. The van der Waals surface area contributed by atoms with Crippen molar-refractivity contribution in [3.8, 4) is 0 Å². The Labute approximate surface area is 97.7 Å². The van der Waals surface area contributed by atoms with Crippen molar-refractivity contribution in [3.63, 3.8) is 0 Å². The molecule has 2 atom stereocenters. The molecule has 1 saturated carbocycles. The highest BCUT2D eigenvalue weighted by Crippen LogP contribution is 2.30. The van der Waals surface area contributed by atoms with Crippen LogP contribution in [0.1, 0.15) is 37.7 Å². The highest BCUT2D eigenvalue weighted by molar-refractivity contribution is 5.35. The van der Waals surface area contributed by atoms with Gasteiger partial charge in [-0.2, -0.15) is 0 Å². The molecule has 0 bridgehead atoms. The van der Waals surface area contributed by atoms with Gasteiger partial charge in [-0.05, 0) is 38.5 Å². The number of anilines is 1. The largest absolute Gasteiger partial charge is 0.370 e. The summed E-state index contributed by atoms with van der Waals surface area (Å²) in [5.74, 6) is 3.55. The third-order valence-corrected chi connectivity index (χ3v) is 3.34. The SMILES string of the molecule is Cc1cc(NCC2CCC(C)C2)nc(C)n1. The lowest BCUT2D eigenvalue weighted by molar-refractivity contribution is 0.536. The van der Waals surface area contributed by atoms with Crippen LogP contribution in [0.3, 0.4) is 0 Å². The highest BCUT2D eigenvalue weighted by Gasteiger charge is 2.20. The van der Waals surface area contributed by atoms with E-state index in [0.29, 0.717) is 0 Å². The molecule has 3 nitrogen and oxygen atoms in total. The molecule has 1 aliphatic rings. The highest BCUT2D eigenvalue weighted by atomic mass is 15.0. The Morgan fingerprint density at radius 1 is 1.31 bits per heavy atom. The molecule has 1 aromatic heterocycles. The summed E-state index contributed by atoms with van der Waals surface area (Å²) in [5, 5.41) is 3.44. The molecular formula is C13H21N3. The number of aromatic nitrogens is 2.